The van der Waals surface area contributed by atoms with Gasteiger partial charge in [0.1, 0.15) is 0 Å². The lowest BCUT2D eigenvalue weighted by Gasteiger charge is -2.41. The number of aliphatic imine (C=N–C) groups is 1. The average Bonchev–Trinajstić information content (AvgIpc) is 3.12. The molecule has 0 amide bonds. The zero-order valence-corrected chi connectivity index (χ0v) is 11.4. The van der Waals surface area contributed by atoms with Crippen molar-refractivity contribution in [1.82, 2.24) is 4.90 Å². The van der Waals surface area contributed by atoms with Crippen molar-refractivity contribution in [3.05, 3.63) is 0 Å². The SMILES string of the molecule is CC1CN(C(N)=NCC2(C3CC3)CCC2)CCO1. The van der Waals surface area contributed by atoms with Crippen LogP contribution in [0.3, 0.4) is 0 Å². The minimum absolute atomic E-state index is 0.272. The van der Waals surface area contributed by atoms with Crippen molar-refractivity contribution in [2.45, 2.75) is 45.1 Å². The molecule has 4 nitrogen and oxygen atoms in total. The first kappa shape index (κ1) is 12.3. The largest absolute Gasteiger partial charge is 0.375 e. The van der Waals surface area contributed by atoms with E-state index in [4.69, 9.17) is 15.5 Å². The number of morpholine rings is 1. The Kier molecular flexibility index (Phi) is 3.22. The molecule has 0 aromatic heterocycles. The van der Waals surface area contributed by atoms with Crippen LogP contribution in [0.4, 0.5) is 0 Å². The van der Waals surface area contributed by atoms with E-state index >= 15 is 0 Å². The third kappa shape index (κ3) is 2.35. The van der Waals surface area contributed by atoms with Crippen molar-refractivity contribution in [3.63, 3.8) is 0 Å². The first-order chi connectivity index (χ1) is 8.70. The second-order valence-corrected chi connectivity index (χ2v) is 6.29. The highest BCUT2D eigenvalue weighted by Crippen LogP contribution is 2.57. The second kappa shape index (κ2) is 4.72. The number of hydrogen-bond donors (Lipinski definition) is 1. The Balaban J connectivity index is 1.57. The van der Waals surface area contributed by atoms with Crippen LogP contribution < -0.4 is 5.73 Å². The van der Waals surface area contributed by atoms with Gasteiger partial charge in [0, 0.05) is 19.6 Å². The highest BCUT2D eigenvalue weighted by molar-refractivity contribution is 5.78. The van der Waals surface area contributed by atoms with E-state index in [1.807, 2.05) is 0 Å². The number of nitrogens with two attached hydrogens (primary N) is 1. The molecule has 0 spiro atoms. The van der Waals surface area contributed by atoms with E-state index in [1.54, 1.807) is 0 Å². The quantitative estimate of drug-likeness (QED) is 0.612. The summed E-state index contributed by atoms with van der Waals surface area (Å²) in [5.74, 6) is 1.68. The summed E-state index contributed by atoms with van der Waals surface area (Å²) in [6.07, 6.45) is 7.24. The molecule has 2 aliphatic carbocycles. The molecule has 1 atom stereocenters. The van der Waals surface area contributed by atoms with Gasteiger partial charge >= 0.3 is 0 Å². The van der Waals surface area contributed by atoms with Gasteiger partial charge in [-0.05, 0) is 43.9 Å². The van der Waals surface area contributed by atoms with Gasteiger partial charge < -0.3 is 15.4 Å². The Hall–Kier alpha value is -0.770. The summed E-state index contributed by atoms with van der Waals surface area (Å²) in [6.45, 7) is 5.58. The molecule has 1 aliphatic heterocycles. The predicted molar refractivity (Wildman–Crippen MR) is 72.5 cm³/mol. The molecule has 3 rings (SSSR count). The molecule has 2 saturated carbocycles. The highest BCUT2D eigenvalue weighted by Gasteiger charge is 2.48. The molecule has 3 aliphatic rings. The van der Waals surface area contributed by atoms with Crippen LogP contribution in [-0.2, 0) is 4.74 Å². The third-order valence-corrected chi connectivity index (χ3v) is 4.91. The van der Waals surface area contributed by atoms with Crippen LogP contribution >= 0.6 is 0 Å². The second-order valence-electron chi connectivity index (χ2n) is 6.29. The summed E-state index contributed by atoms with van der Waals surface area (Å²) < 4.78 is 5.53. The minimum Gasteiger partial charge on any atom is -0.375 e. The van der Waals surface area contributed by atoms with Gasteiger partial charge in [-0.25, -0.2) is 0 Å². The van der Waals surface area contributed by atoms with Gasteiger partial charge in [0.05, 0.1) is 12.7 Å². The standard InChI is InChI=1S/C14H25N3O/c1-11-9-17(7-8-18-11)13(15)16-10-14(5-2-6-14)12-3-4-12/h11-12H,2-10H2,1H3,(H2,15,16). The van der Waals surface area contributed by atoms with Gasteiger partial charge in [0.15, 0.2) is 5.96 Å². The molecule has 102 valence electrons. The van der Waals surface area contributed by atoms with E-state index in [0.29, 0.717) is 5.41 Å². The first-order valence-electron chi connectivity index (χ1n) is 7.36. The minimum atomic E-state index is 0.272. The monoisotopic (exact) mass is 251 g/mol. The fourth-order valence-electron chi connectivity index (χ4n) is 3.39. The van der Waals surface area contributed by atoms with Crippen molar-refractivity contribution in [2.24, 2.45) is 22.1 Å². The average molecular weight is 251 g/mol. The van der Waals surface area contributed by atoms with Crippen molar-refractivity contribution in [2.75, 3.05) is 26.2 Å². The van der Waals surface area contributed by atoms with E-state index in [2.05, 4.69) is 11.8 Å². The van der Waals surface area contributed by atoms with E-state index in [-0.39, 0.29) is 6.10 Å². The van der Waals surface area contributed by atoms with E-state index < -0.39 is 0 Å². The summed E-state index contributed by atoms with van der Waals surface area (Å²) in [7, 11) is 0. The molecule has 18 heavy (non-hydrogen) atoms. The van der Waals surface area contributed by atoms with Crippen molar-refractivity contribution >= 4 is 5.96 Å². The molecular weight excluding hydrogens is 226 g/mol. The van der Waals surface area contributed by atoms with Crippen molar-refractivity contribution in [1.29, 1.82) is 0 Å². The van der Waals surface area contributed by atoms with Crippen LogP contribution in [0.15, 0.2) is 4.99 Å². The van der Waals surface area contributed by atoms with Gasteiger partial charge in [0.25, 0.3) is 0 Å². The Labute approximate surface area is 110 Å². The van der Waals surface area contributed by atoms with Crippen LogP contribution in [0.25, 0.3) is 0 Å². The lowest BCUT2D eigenvalue weighted by atomic mass is 9.65. The van der Waals surface area contributed by atoms with E-state index in [9.17, 15) is 0 Å². The molecule has 2 N–H and O–H groups in total. The maximum atomic E-state index is 6.14. The molecule has 4 heteroatoms. The number of rotatable bonds is 3. The summed E-state index contributed by atoms with van der Waals surface area (Å²) in [6, 6.07) is 0. The predicted octanol–water partition coefficient (Wildman–Crippen LogP) is 1.60. The summed E-state index contributed by atoms with van der Waals surface area (Å²) in [4.78, 5) is 6.88. The maximum absolute atomic E-state index is 6.14. The molecule has 1 heterocycles. The van der Waals surface area contributed by atoms with Gasteiger partial charge in [-0.2, -0.15) is 0 Å². The highest BCUT2D eigenvalue weighted by atomic mass is 16.5. The van der Waals surface area contributed by atoms with Gasteiger partial charge in [-0.15, -0.1) is 0 Å². The zero-order chi connectivity index (χ0) is 12.6. The number of guanidine groups is 1. The topological polar surface area (TPSA) is 50.8 Å². The van der Waals surface area contributed by atoms with Crippen molar-refractivity contribution in [3.8, 4) is 0 Å². The molecule has 0 bridgehead atoms. The van der Waals surface area contributed by atoms with E-state index in [0.717, 1.165) is 38.1 Å². The summed E-state index contributed by atoms with van der Waals surface area (Å²) in [5.41, 5.74) is 6.67. The molecule has 1 saturated heterocycles. The fourth-order valence-corrected chi connectivity index (χ4v) is 3.39. The first-order valence-corrected chi connectivity index (χ1v) is 7.36. The molecule has 1 unspecified atom stereocenters. The zero-order valence-electron chi connectivity index (χ0n) is 11.4. The smallest absolute Gasteiger partial charge is 0.191 e. The van der Waals surface area contributed by atoms with Crippen LogP contribution in [-0.4, -0.2) is 43.2 Å². The molecule has 0 aromatic rings. The number of nitrogens with zero attached hydrogens (tertiary/aromatic N) is 2. The van der Waals surface area contributed by atoms with Crippen LogP contribution in [0, 0.1) is 11.3 Å². The van der Waals surface area contributed by atoms with Crippen LogP contribution in [0.1, 0.15) is 39.0 Å². The molecule has 3 fully saturated rings. The maximum Gasteiger partial charge on any atom is 0.191 e. The summed E-state index contributed by atoms with van der Waals surface area (Å²) >= 11 is 0. The van der Waals surface area contributed by atoms with E-state index in [1.165, 1.54) is 32.1 Å². The van der Waals surface area contributed by atoms with Gasteiger partial charge in [-0.3, -0.25) is 4.99 Å². The lowest BCUT2D eigenvalue weighted by Crippen LogP contribution is -2.48. The molecular formula is C14H25N3O. The summed E-state index contributed by atoms with van der Waals surface area (Å²) in [5, 5.41) is 0. The van der Waals surface area contributed by atoms with Crippen LogP contribution in [0.2, 0.25) is 0 Å². The normalized spacial score (nSPS) is 32.2. The van der Waals surface area contributed by atoms with Crippen LogP contribution in [0.5, 0.6) is 0 Å². The Bertz CT molecular complexity index is 334. The Morgan fingerprint density at radius 3 is 2.78 bits per heavy atom. The van der Waals surface area contributed by atoms with Crippen molar-refractivity contribution < 1.29 is 4.74 Å². The molecule has 0 aromatic carbocycles. The van der Waals surface area contributed by atoms with Gasteiger partial charge in [-0.1, -0.05) is 6.42 Å². The third-order valence-electron chi connectivity index (χ3n) is 4.91. The lowest BCUT2D eigenvalue weighted by molar-refractivity contribution is 0.00507. The Morgan fingerprint density at radius 2 is 2.22 bits per heavy atom. The number of ether oxygens (including phenoxy) is 1. The van der Waals surface area contributed by atoms with Gasteiger partial charge in [0.2, 0.25) is 0 Å². The fraction of sp³-hybridized carbons (Fsp3) is 0.929. The Morgan fingerprint density at radius 1 is 1.44 bits per heavy atom. The molecule has 0 radical (unpaired) electrons. The number of hydrogen-bond acceptors (Lipinski definition) is 2.